The van der Waals surface area contributed by atoms with Gasteiger partial charge in [-0.25, -0.2) is 4.99 Å². The van der Waals surface area contributed by atoms with E-state index in [0.717, 1.165) is 22.0 Å². The maximum atomic E-state index is 12.2. The van der Waals surface area contributed by atoms with E-state index in [1.54, 1.807) is 7.11 Å². The lowest BCUT2D eigenvalue weighted by atomic mass is 10.2. The summed E-state index contributed by atoms with van der Waals surface area (Å²) in [4.78, 5) is 16.7. The molecule has 1 heterocycles. The van der Waals surface area contributed by atoms with Crippen molar-refractivity contribution in [3.05, 3.63) is 48.0 Å². The van der Waals surface area contributed by atoms with Gasteiger partial charge >= 0.3 is 0 Å². The normalized spacial score (nSPS) is 12.7. The number of nitrogens with one attached hydrogen (secondary N) is 1. The van der Waals surface area contributed by atoms with E-state index in [-0.39, 0.29) is 11.7 Å². The summed E-state index contributed by atoms with van der Waals surface area (Å²) < 4.78 is 10.9. The monoisotopic (exact) mass is 342 g/mol. The molecular formula is C18H18N2O3S. The second kappa shape index (κ2) is 7.40. The summed E-state index contributed by atoms with van der Waals surface area (Å²) in [6.45, 7) is 2.36. The van der Waals surface area contributed by atoms with Crippen LogP contribution in [-0.2, 0) is 4.79 Å². The number of nitrogens with zero attached hydrogens (tertiary/aromatic N) is 1. The molecule has 2 aromatic carbocycles. The number of thioether (sulfide) groups is 1. The second-order valence-electron chi connectivity index (χ2n) is 5.30. The smallest absolute Gasteiger partial charge is 0.234 e. The SMILES string of the molecule is COc1ccc(C)cc1NC(=O)CSC1=Nc2ccccc2OC1. The number of amides is 1. The van der Waals surface area contributed by atoms with Crippen molar-refractivity contribution in [1.82, 2.24) is 0 Å². The average Bonchev–Trinajstić information content (AvgIpc) is 2.60. The van der Waals surface area contributed by atoms with Crippen LogP contribution in [0.4, 0.5) is 11.4 Å². The van der Waals surface area contributed by atoms with Gasteiger partial charge in [0, 0.05) is 0 Å². The quantitative estimate of drug-likeness (QED) is 0.918. The molecule has 0 atom stereocenters. The number of fused-ring (bicyclic) bond motifs is 1. The number of rotatable bonds is 4. The van der Waals surface area contributed by atoms with Crippen LogP contribution < -0.4 is 14.8 Å². The molecule has 0 spiro atoms. The molecule has 24 heavy (non-hydrogen) atoms. The van der Waals surface area contributed by atoms with Crippen molar-refractivity contribution in [2.24, 2.45) is 4.99 Å². The van der Waals surface area contributed by atoms with Gasteiger partial charge in [-0.1, -0.05) is 30.0 Å². The molecule has 1 N–H and O–H groups in total. The third-order valence-electron chi connectivity index (χ3n) is 3.46. The fraction of sp³-hybridized carbons (Fsp3) is 0.222. The fourth-order valence-corrected chi connectivity index (χ4v) is 2.98. The van der Waals surface area contributed by atoms with Gasteiger partial charge in [0.1, 0.15) is 28.8 Å². The van der Waals surface area contributed by atoms with Crippen molar-refractivity contribution in [2.45, 2.75) is 6.92 Å². The predicted molar refractivity (Wildman–Crippen MR) is 97.9 cm³/mol. The summed E-state index contributed by atoms with van der Waals surface area (Å²) in [6.07, 6.45) is 0. The van der Waals surface area contributed by atoms with Gasteiger partial charge < -0.3 is 14.8 Å². The summed E-state index contributed by atoms with van der Waals surface area (Å²) in [7, 11) is 1.58. The number of benzene rings is 2. The van der Waals surface area contributed by atoms with Crippen LogP contribution in [0.1, 0.15) is 5.56 Å². The Morgan fingerprint density at radius 3 is 3.00 bits per heavy atom. The zero-order valence-corrected chi connectivity index (χ0v) is 14.4. The third-order valence-corrected chi connectivity index (χ3v) is 4.41. The van der Waals surface area contributed by atoms with Crippen molar-refractivity contribution in [1.29, 1.82) is 0 Å². The van der Waals surface area contributed by atoms with Crippen LogP contribution in [0.15, 0.2) is 47.5 Å². The summed E-state index contributed by atoms with van der Waals surface area (Å²) >= 11 is 1.38. The Balaban J connectivity index is 1.61. The number of para-hydroxylation sites is 2. The summed E-state index contributed by atoms with van der Waals surface area (Å²) in [5, 5.41) is 3.67. The Morgan fingerprint density at radius 1 is 1.33 bits per heavy atom. The largest absolute Gasteiger partial charge is 0.495 e. The Bertz CT molecular complexity index is 790. The van der Waals surface area contributed by atoms with Crippen molar-refractivity contribution in [3.8, 4) is 11.5 Å². The van der Waals surface area contributed by atoms with E-state index in [4.69, 9.17) is 9.47 Å². The zero-order valence-electron chi connectivity index (χ0n) is 13.5. The minimum Gasteiger partial charge on any atom is -0.495 e. The first-order valence-corrected chi connectivity index (χ1v) is 8.51. The lowest BCUT2D eigenvalue weighted by Crippen LogP contribution is -2.19. The minimum atomic E-state index is -0.106. The van der Waals surface area contributed by atoms with Gasteiger partial charge in [-0.15, -0.1) is 0 Å². The van der Waals surface area contributed by atoms with Gasteiger partial charge in [0.2, 0.25) is 5.91 Å². The first kappa shape index (κ1) is 16.4. The van der Waals surface area contributed by atoms with Crippen LogP contribution in [0.2, 0.25) is 0 Å². The van der Waals surface area contributed by atoms with E-state index in [0.29, 0.717) is 18.0 Å². The highest BCUT2D eigenvalue weighted by molar-refractivity contribution is 8.14. The molecule has 3 rings (SSSR count). The van der Waals surface area contributed by atoms with E-state index in [1.807, 2.05) is 49.4 Å². The molecule has 1 aliphatic heterocycles. The van der Waals surface area contributed by atoms with Gasteiger partial charge in [-0.2, -0.15) is 0 Å². The van der Waals surface area contributed by atoms with Gasteiger partial charge in [-0.05, 0) is 36.8 Å². The van der Waals surface area contributed by atoms with E-state index < -0.39 is 0 Å². The standard InChI is InChI=1S/C18H18N2O3S/c1-12-7-8-15(22-2)14(9-12)19-17(21)11-24-18-10-23-16-6-4-3-5-13(16)20-18/h3-9H,10-11H2,1-2H3,(H,19,21). The molecule has 0 radical (unpaired) electrons. The van der Waals surface area contributed by atoms with Crippen LogP contribution in [0.3, 0.4) is 0 Å². The van der Waals surface area contributed by atoms with E-state index in [2.05, 4.69) is 10.3 Å². The maximum absolute atomic E-state index is 12.2. The van der Waals surface area contributed by atoms with Crippen molar-refractivity contribution < 1.29 is 14.3 Å². The molecule has 0 fully saturated rings. The van der Waals surface area contributed by atoms with Crippen molar-refractivity contribution >= 4 is 34.1 Å². The number of aryl methyl sites for hydroxylation is 1. The molecule has 1 aliphatic rings. The number of anilines is 1. The summed E-state index contributed by atoms with van der Waals surface area (Å²) in [5.41, 5.74) is 2.53. The molecule has 0 aliphatic carbocycles. The maximum Gasteiger partial charge on any atom is 0.234 e. The number of aliphatic imine (C=N–C) groups is 1. The average molecular weight is 342 g/mol. The molecule has 0 saturated carbocycles. The van der Waals surface area contributed by atoms with Gasteiger partial charge in [0.25, 0.3) is 0 Å². The van der Waals surface area contributed by atoms with Gasteiger partial charge in [0.15, 0.2) is 0 Å². The third kappa shape index (κ3) is 3.89. The molecule has 6 heteroatoms. The Hall–Kier alpha value is -2.47. The van der Waals surface area contributed by atoms with Crippen LogP contribution in [-0.4, -0.2) is 30.4 Å². The molecule has 124 valence electrons. The highest BCUT2D eigenvalue weighted by Crippen LogP contribution is 2.32. The number of carbonyl (C=O) groups is 1. The fourth-order valence-electron chi connectivity index (χ4n) is 2.31. The van der Waals surface area contributed by atoms with Crippen molar-refractivity contribution in [2.75, 3.05) is 24.8 Å². The minimum absolute atomic E-state index is 0.106. The van der Waals surface area contributed by atoms with Crippen LogP contribution in [0, 0.1) is 6.92 Å². The molecular weight excluding hydrogens is 324 g/mol. The second-order valence-corrected chi connectivity index (χ2v) is 6.35. The first-order valence-electron chi connectivity index (χ1n) is 7.52. The molecule has 1 amide bonds. The molecule has 2 aromatic rings. The zero-order chi connectivity index (χ0) is 16.9. The lowest BCUT2D eigenvalue weighted by Gasteiger charge is -2.16. The highest BCUT2D eigenvalue weighted by Gasteiger charge is 2.15. The van der Waals surface area contributed by atoms with E-state index in [9.17, 15) is 4.79 Å². The highest BCUT2D eigenvalue weighted by atomic mass is 32.2. The molecule has 0 bridgehead atoms. The molecule has 5 nitrogen and oxygen atoms in total. The van der Waals surface area contributed by atoms with E-state index >= 15 is 0 Å². The van der Waals surface area contributed by atoms with Crippen LogP contribution >= 0.6 is 11.8 Å². The number of hydrogen-bond acceptors (Lipinski definition) is 5. The number of carbonyl (C=O) groups excluding carboxylic acids is 1. The topological polar surface area (TPSA) is 59.9 Å². The van der Waals surface area contributed by atoms with E-state index in [1.165, 1.54) is 11.8 Å². The lowest BCUT2D eigenvalue weighted by molar-refractivity contribution is -0.113. The Morgan fingerprint density at radius 2 is 2.17 bits per heavy atom. The van der Waals surface area contributed by atoms with Crippen LogP contribution in [0.5, 0.6) is 11.5 Å². The van der Waals surface area contributed by atoms with Crippen LogP contribution in [0.25, 0.3) is 0 Å². The van der Waals surface area contributed by atoms with Gasteiger partial charge in [-0.3, -0.25) is 4.79 Å². The predicted octanol–water partition coefficient (Wildman–Crippen LogP) is 3.80. The Labute approximate surface area is 145 Å². The molecule has 0 saturated heterocycles. The molecule has 0 aromatic heterocycles. The summed E-state index contributed by atoms with van der Waals surface area (Å²) in [5.74, 6) is 1.58. The number of hydrogen-bond donors (Lipinski definition) is 1. The summed E-state index contributed by atoms with van der Waals surface area (Å²) in [6, 6.07) is 13.3. The van der Waals surface area contributed by atoms with Crippen molar-refractivity contribution in [3.63, 3.8) is 0 Å². The van der Waals surface area contributed by atoms with Gasteiger partial charge in [0.05, 0.1) is 18.6 Å². The number of ether oxygens (including phenoxy) is 2. The first-order chi connectivity index (χ1) is 11.7. The Kier molecular flexibility index (Phi) is 5.05. The number of methoxy groups -OCH3 is 1. The molecule has 0 unspecified atom stereocenters.